The Kier molecular flexibility index (Phi) is 4.71. The van der Waals surface area contributed by atoms with Crippen LogP contribution in [0.1, 0.15) is 11.6 Å². The van der Waals surface area contributed by atoms with E-state index in [0.717, 1.165) is 18.2 Å². The van der Waals surface area contributed by atoms with E-state index < -0.39 is 49.9 Å². The first-order valence-electron chi connectivity index (χ1n) is 6.17. The molecule has 5 nitrogen and oxygen atoms in total. The minimum Gasteiger partial charge on any atom is -0.480 e. The first kappa shape index (κ1) is 17.0. The Morgan fingerprint density at radius 3 is 2.30 bits per heavy atom. The Morgan fingerprint density at radius 2 is 1.70 bits per heavy atom. The summed E-state index contributed by atoms with van der Waals surface area (Å²) < 4.78 is 66.3. The fourth-order valence-corrected chi connectivity index (χ4v) is 3.11. The van der Waals surface area contributed by atoms with Crippen LogP contribution in [-0.2, 0) is 14.8 Å². The molecule has 1 atom stereocenters. The standard InChI is InChI=1S/C14H10F3NO4S/c15-8-5-6-10(16)9(7-8)13(14(19)20)18-23(21,22)12-4-2-1-3-11(12)17/h1-7,13,18H,(H,19,20). The molecule has 0 aliphatic rings. The summed E-state index contributed by atoms with van der Waals surface area (Å²) in [6, 6.07) is 4.12. The molecule has 9 heteroatoms. The first-order valence-corrected chi connectivity index (χ1v) is 7.65. The van der Waals surface area contributed by atoms with Gasteiger partial charge >= 0.3 is 5.97 Å². The summed E-state index contributed by atoms with van der Waals surface area (Å²) >= 11 is 0. The van der Waals surface area contributed by atoms with Gasteiger partial charge in [-0.2, -0.15) is 4.72 Å². The van der Waals surface area contributed by atoms with Crippen molar-refractivity contribution in [3.05, 3.63) is 65.5 Å². The second-order valence-corrected chi connectivity index (χ2v) is 6.17. The molecule has 0 bridgehead atoms. The normalized spacial score (nSPS) is 12.8. The molecule has 0 spiro atoms. The van der Waals surface area contributed by atoms with Crippen LogP contribution >= 0.6 is 0 Å². The van der Waals surface area contributed by atoms with Crippen molar-refractivity contribution in [1.29, 1.82) is 0 Å². The fraction of sp³-hybridized carbons (Fsp3) is 0.0714. The topological polar surface area (TPSA) is 83.5 Å². The highest BCUT2D eigenvalue weighted by molar-refractivity contribution is 7.89. The summed E-state index contributed by atoms with van der Waals surface area (Å²) in [7, 11) is -4.61. The van der Waals surface area contributed by atoms with E-state index in [2.05, 4.69) is 0 Å². The Morgan fingerprint density at radius 1 is 1.04 bits per heavy atom. The lowest BCUT2D eigenvalue weighted by Gasteiger charge is -2.16. The van der Waals surface area contributed by atoms with Gasteiger partial charge in [-0.15, -0.1) is 0 Å². The average molecular weight is 345 g/mol. The number of nitrogens with one attached hydrogen (secondary N) is 1. The molecule has 0 heterocycles. The molecule has 0 saturated heterocycles. The van der Waals surface area contributed by atoms with Crippen molar-refractivity contribution in [2.45, 2.75) is 10.9 Å². The van der Waals surface area contributed by atoms with Crippen LogP contribution < -0.4 is 4.72 Å². The monoisotopic (exact) mass is 345 g/mol. The van der Waals surface area contributed by atoms with Gasteiger partial charge in [-0.3, -0.25) is 4.79 Å². The molecule has 0 amide bonds. The molecular formula is C14H10F3NO4S. The van der Waals surface area contributed by atoms with Crippen LogP contribution in [-0.4, -0.2) is 19.5 Å². The van der Waals surface area contributed by atoms with Crippen LogP contribution in [0.5, 0.6) is 0 Å². The maximum atomic E-state index is 13.7. The van der Waals surface area contributed by atoms with Crippen LogP contribution in [0, 0.1) is 17.5 Å². The highest BCUT2D eigenvalue weighted by Gasteiger charge is 2.30. The number of carboxylic acid groups (broad SMARTS) is 1. The van der Waals surface area contributed by atoms with Gasteiger partial charge in [0.1, 0.15) is 28.4 Å². The third-order valence-corrected chi connectivity index (χ3v) is 4.37. The molecule has 23 heavy (non-hydrogen) atoms. The van der Waals surface area contributed by atoms with Gasteiger partial charge in [0.25, 0.3) is 0 Å². The predicted molar refractivity (Wildman–Crippen MR) is 73.5 cm³/mol. The lowest BCUT2D eigenvalue weighted by molar-refractivity contribution is -0.139. The maximum Gasteiger partial charge on any atom is 0.326 e. The second-order valence-electron chi connectivity index (χ2n) is 4.49. The Hall–Kier alpha value is -2.39. The van der Waals surface area contributed by atoms with Crippen LogP contribution in [0.4, 0.5) is 13.2 Å². The number of hydrogen-bond acceptors (Lipinski definition) is 3. The van der Waals surface area contributed by atoms with Crippen LogP contribution in [0.25, 0.3) is 0 Å². The molecule has 0 aliphatic carbocycles. The van der Waals surface area contributed by atoms with Gasteiger partial charge in [-0.1, -0.05) is 12.1 Å². The lowest BCUT2D eigenvalue weighted by Crippen LogP contribution is -2.34. The number of aliphatic carboxylic acids is 1. The van der Waals surface area contributed by atoms with Crippen molar-refractivity contribution >= 4 is 16.0 Å². The van der Waals surface area contributed by atoms with E-state index in [0.29, 0.717) is 12.1 Å². The number of carbonyl (C=O) groups is 1. The summed E-state index contributed by atoms with van der Waals surface area (Å²) in [6.45, 7) is 0. The zero-order valence-corrected chi connectivity index (χ0v) is 12.1. The van der Waals surface area contributed by atoms with Gasteiger partial charge in [0.15, 0.2) is 0 Å². The Balaban J connectivity index is 2.47. The van der Waals surface area contributed by atoms with Crippen molar-refractivity contribution in [2.75, 3.05) is 0 Å². The highest BCUT2D eigenvalue weighted by Crippen LogP contribution is 2.22. The average Bonchev–Trinajstić information content (AvgIpc) is 2.47. The van der Waals surface area contributed by atoms with E-state index in [-0.39, 0.29) is 0 Å². The molecule has 2 aromatic carbocycles. The number of hydrogen-bond donors (Lipinski definition) is 2. The highest BCUT2D eigenvalue weighted by atomic mass is 32.2. The summed E-state index contributed by atoms with van der Waals surface area (Å²) in [6.07, 6.45) is 0. The van der Waals surface area contributed by atoms with E-state index in [9.17, 15) is 26.4 Å². The molecule has 0 fully saturated rings. The van der Waals surface area contributed by atoms with E-state index in [1.807, 2.05) is 0 Å². The molecule has 2 aromatic rings. The van der Waals surface area contributed by atoms with Crippen LogP contribution in [0.3, 0.4) is 0 Å². The van der Waals surface area contributed by atoms with Gasteiger partial charge in [-0.25, -0.2) is 21.6 Å². The van der Waals surface area contributed by atoms with Crippen molar-refractivity contribution in [2.24, 2.45) is 0 Å². The maximum absolute atomic E-state index is 13.7. The zero-order valence-electron chi connectivity index (χ0n) is 11.3. The van der Waals surface area contributed by atoms with Gasteiger partial charge in [-0.05, 0) is 30.3 Å². The van der Waals surface area contributed by atoms with Crippen LogP contribution in [0.2, 0.25) is 0 Å². The van der Waals surface area contributed by atoms with Gasteiger partial charge in [0.2, 0.25) is 10.0 Å². The smallest absolute Gasteiger partial charge is 0.326 e. The molecule has 0 radical (unpaired) electrons. The van der Waals surface area contributed by atoms with Crippen molar-refractivity contribution in [3.63, 3.8) is 0 Å². The third kappa shape index (κ3) is 3.69. The first-order chi connectivity index (χ1) is 10.7. The second kappa shape index (κ2) is 6.39. The number of halogens is 3. The SMILES string of the molecule is O=C(O)C(NS(=O)(=O)c1ccccc1F)c1cc(F)ccc1F. The summed E-state index contributed by atoms with van der Waals surface area (Å²) in [5, 5.41) is 9.11. The molecular weight excluding hydrogens is 335 g/mol. The molecule has 2 N–H and O–H groups in total. The van der Waals surface area contributed by atoms with Crippen molar-refractivity contribution in [3.8, 4) is 0 Å². The number of carboxylic acids is 1. The van der Waals surface area contributed by atoms with Crippen molar-refractivity contribution < 1.29 is 31.5 Å². The van der Waals surface area contributed by atoms with E-state index in [1.165, 1.54) is 12.1 Å². The minimum atomic E-state index is -4.61. The quantitative estimate of drug-likeness (QED) is 0.870. The van der Waals surface area contributed by atoms with Crippen LogP contribution in [0.15, 0.2) is 47.4 Å². The molecule has 1 unspecified atom stereocenters. The van der Waals surface area contributed by atoms with Crippen molar-refractivity contribution in [1.82, 2.24) is 4.72 Å². The number of sulfonamides is 1. The van der Waals surface area contributed by atoms with Gasteiger partial charge in [0, 0.05) is 5.56 Å². The zero-order chi connectivity index (χ0) is 17.2. The molecule has 2 rings (SSSR count). The van der Waals surface area contributed by atoms with E-state index >= 15 is 0 Å². The minimum absolute atomic E-state index is 0.554. The molecule has 0 aliphatic heterocycles. The molecule has 122 valence electrons. The largest absolute Gasteiger partial charge is 0.480 e. The third-order valence-electron chi connectivity index (χ3n) is 2.92. The Labute approximate surface area is 129 Å². The summed E-state index contributed by atoms with van der Waals surface area (Å²) in [4.78, 5) is 10.4. The van der Waals surface area contributed by atoms with Gasteiger partial charge < -0.3 is 5.11 Å². The summed E-state index contributed by atoms with van der Waals surface area (Å²) in [5.41, 5.74) is -0.725. The molecule has 0 aromatic heterocycles. The molecule has 0 saturated carbocycles. The number of benzene rings is 2. The number of rotatable bonds is 5. The Bertz CT molecular complexity index is 855. The van der Waals surface area contributed by atoms with Gasteiger partial charge in [0.05, 0.1) is 0 Å². The lowest BCUT2D eigenvalue weighted by atomic mass is 10.1. The van der Waals surface area contributed by atoms with E-state index in [1.54, 1.807) is 4.72 Å². The van der Waals surface area contributed by atoms with E-state index in [4.69, 9.17) is 5.11 Å². The summed E-state index contributed by atoms with van der Waals surface area (Å²) in [5.74, 6) is -4.94. The fourth-order valence-electron chi connectivity index (χ4n) is 1.86. The predicted octanol–water partition coefficient (Wildman–Crippen LogP) is 2.21.